The molecule has 0 unspecified atom stereocenters. The van der Waals surface area contributed by atoms with Crippen molar-refractivity contribution in [3.63, 3.8) is 0 Å². The van der Waals surface area contributed by atoms with Gasteiger partial charge in [0.15, 0.2) is 6.61 Å². The molecular formula is C20H21FN2O4S. The van der Waals surface area contributed by atoms with Crippen LogP contribution in [0.5, 0.6) is 0 Å². The first-order valence-corrected chi connectivity index (χ1v) is 9.72. The summed E-state index contributed by atoms with van der Waals surface area (Å²) in [7, 11) is 0. The topological polar surface area (TPSA) is 84.5 Å². The number of hydrogen-bond acceptors (Lipinski definition) is 5. The number of carbonyl (C=O) groups excluding carboxylic acids is 3. The summed E-state index contributed by atoms with van der Waals surface area (Å²) in [5.41, 5.74) is 1.42. The van der Waals surface area contributed by atoms with Crippen molar-refractivity contribution in [1.29, 1.82) is 0 Å². The maximum atomic E-state index is 12.8. The summed E-state index contributed by atoms with van der Waals surface area (Å²) in [4.78, 5) is 35.3. The molecule has 2 N–H and O–H groups in total. The molecule has 28 heavy (non-hydrogen) atoms. The predicted molar refractivity (Wildman–Crippen MR) is 106 cm³/mol. The molecule has 6 nitrogen and oxygen atoms in total. The third-order valence-electron chi connectivity index (χ3n) is 3.62. The Kier molecular flexibility index (Phi) is 8.48. The van der Waals surface area contributed by atoms with Crippen molar-refractivity contribution in [2.24, 2.45) is 0 Å². The van der Waals surface area contributed by atoms with E-state index in [9.17, 15) is 18.8 Å². The molecule has 0 aliphatic rings. The molecule has 8 heteroatoms. The monoisotopic (exact) mass is 404 g/mol. The Labute approximate surface area is 166 Å². The van der Waals surface area contributed by atoms with E-state index in [1.807, 2.05) is 37.3 Å². The summed E-state index contributed by atoms with van der Waals surface area (Å²) in [6.07, 6.45) is 0. The predicted octanol–water partition coefficient (Wildman–Crippen LogP) is 2.92. The molecule has 2 amide bonds. The van der Waals surface area contributed by atoms with Crippen LogP contribution in [0.2, 0.25) is 0 Å². The summed E-state index contributed by atoms with van der Waals surface area (Å²) in [6, 6.07) is 14.6. The maximum absolute atomic E-state index is 12.8. The number of esters is 1. The molecule has 2 rings (SSSR count). The minimum atomic E-state index is -0.581. The fourth-order valence-electron chi connectivity index (χ4n) is 2.25. The molecule has 0 aliphatic carbocycles. The lowest BCUT2D eigenvalue weighted by molar-refractivity contribution is -0.146. The van der Waals surface area contributed by atoms with E-state index < -0.39 is 17.7 Å². The standard InChI is InChI=1S/C20H21FN2O4S/c1-14(15-5-3-2-4-6-15)22-18(24)11-27-20(26)13-28-12-19(25)23-17-9-7-16(21)8-10-17/h2-10,14H,11-13H2,1H3,(H,22,24)(H,23,25)/t14-/m0/s1. The van der Waals surface area contributed by atoms with E-state index in [1.54, 1.807) is 0 Å². The van der Waals surface area contributed by atoms with Crippen LogP contribution >= 0.6 is 11.8 Å². The van der Waals surface area contributed by atoms with Gasteiger partial charge in [0.2, 0.25) is 5.91 Å². The van der Waals surface area contributed by atoms with Crippen LogP contribution in [0.25, 0.3) is 0 Å². The molecule has 0 bridgehead atoms. The largest absolute Gasteiger partial charge is 0.455 e. The van der Waals surface area contributed by atoms with Crippen molar-refractivity contribution in [3.05, 3.63) is 66.0 Å². The molecule has 0 radical (unpaired) electrons. The Hall–Kier alpha value is -2.87. The normalized spacial score (nSPS) is 11.4. The van der Waals surface area contributed by atoms with Gasteiger partial charge in [-0.05, 0) is 36.8 Å². The number of nitrogens with one attached hydrogen (secondary N) is 2. The van der Waals surface area contributed by atoms with Crippen molar-refractivity contribution in [2.75, 3.05) is 23.4 Å². The first kappa shape index (κ1) is 21.4. The Morgan fingerprint density at radius 2 is 1.68 bits per heavy atom. The zero-order valence-corrected chi connectivity index (χ0v) is 16.1. The first-order valence-electron chi connectivity index (χ1n) is 8.57. The number of thioether (sulfide) groups is 1. The Morgan fingerprint density at radius 1 is 1.00 bits per heavy atom. The van der Waals surface area contributed by atoms with Gasteiger partial charge in [0.25, 0.3) is 5.91 Å². The molecule has 0 spiro atoms. The number of anilines is 1. The molecule has 1 atom stereocenters. The van der Waals surface area contributed by atoms with E-state index in [1.165, 1.54) is 24.3 Å². The van der Waals surface area contributed by atoms with Crippen LogP contribution in [-0.4, -0.2) is 35.9 Å². The third-order valence-corrected chi connectivity index (χ3v) is 4.53. The molecule has 148 valence electrons. The average molecular weight is 404 g/mol. The van der Waals surface area contributed by atoms with Crippen molar-refractivity contribution < 1.29 is 23.5 Å². The van der Waals surface area contributed by atoms with Gasteiger partial charge in [-0.25, -0.2) is 4.39 Å². The second-order valence-electron chi connectivity index (χ2n) is 5.91. The van der Waals surface area contributed by atoms with Gasteiger partial charge in [0.05, 0.1) is 17.5 Å². The molecule has 2 aromatic rings. The number of benzene rings is 2. The van der Waals surface area contributed by atoms with Gasteiger partial charge in [-0.2, -0.15) is 0 Å². The van der Waals surface area contributed by atoms with Crippen molar-refractivity contribution in [3.8, 4) is 0 Å². The SMILES string of the molecule is C[C@H](NC(=O)COC(=O)CSCC(=O)Nc1ccc(F)cc1)c1ccccc1. The van der Waals surface area contributed by atoms with Gasteiger partial charge in [-0.3, -0.25) is 14.4 Å². The van der Waals surface area contributed by atoms with Crippen LogP contribution in [0.15, 0.2) is 54.6 Å². The molecule has 2 aromatic carbocycles. The number of halogens is 1. The lowest BCUT2D eigenvalue weighted by atomic mass is 10.1. The maximum Gasteiger partial charge on any atom is 0.316 e. The number of rotatable bonds is 9. The summed E-state index contributed by atoms with van der Waals surface area (Å²) in [5.74, 6) is -1.72. The van der Waals surface area contributed by atoms with E-state index in [-0.39, 0.29) is 30.1 Å². The van der Waals surface area contributed by atoms with E-state index in [2.05, 4.69) is 10.6 Å². The highest BCUT2D eigenvalue weighted by molar-refractivity contribution is 8.00. The first-order chi connectivity index (χ1) is 13.4. The highest BCUT2D eigenvalue weighted by atomic mass is 32.2. The molecule has 0 heterocycles. The number of amides is 2. The van der Waals surface area contributed by atoms with E-state index in [0.717, 1.165) is 17.3 Å². The zero-order chi connectivity index (χ0) is 20.4. The molecule has 0 saturated heterocycles. The smallest absolute Gasteiger partial charge is 0.316 e. The summed E-state index contributed by atoms with van der Waals surface area (Å²) in [6.45, 7) is 1.46. The van der Waals surface area contributed by atoms with E-state index in [4.69, 9.17) is 4.74 Å². The summed E-state index contributed by atoms with van der Waals surface area (Å²) >= 11 is 1.06. The quantitative estimate of drug-likeness (QED) is 0.628. The van der Waals surface area contributed by atoms with Crippen molar-refractivity contribution >= 4 is 35.2 Å². The number of carbonyl (C=O) groups is 3. The van der Waals surface area contributed by atoms with Crippen molar-refractivity contribution in [2.45, 2.75) is 13.0 Å². The molecular weight excluding hydrogens is 383 g/mol. The third kappa shape index (κ3) is 7.79. The Bertz CT molecular complexity index is 800. The highest BCUT2D eigenvalue weighted by Gasteiger charge is 2.12. The van der Waals surface area contributed by atoms with Crippen LogP contribution < -0.4 is 10.6 Å². The zero-order valence-electron chi connectivity index (χ0n) is 15.3. The van der Waals surface area contributed by atoms with Gasteiger partial charge in [0.1, 0.15) is 5.82 Å². The fraction of sp³-hybridized carbons (Fsp3) is 0.250. The van der Waals surface area contributed by atoms with E-state index in [0.29, 0.717) is 5.69 Å². The van der Waals surface area contributed by atoms with Crippen LogP contribution in [0.3, 0.4) is 0 Å². The molecule has 0 fully saturated rings. The minimum absolute atomic E-state index is 0.0315. The summed E-state index contributed by atoms with van der Waals surface area (Å²) in [5, 5.41) is 5.33. The molecule has 0 saturated carbocycles. The highest BCUT2D eigenvalue weighted by Crippen LogP contribution is 2.11. The lowest BCUT2D eigenvalue weighted by Crippen LogP contribution is -2.31. The van der Waals surface area contributed by atoms with Gasteiger partial charge in [-0.15, -0.1) is 11.8 Å². The second kappa shape index (κ2) is 11.1. The lowest BCUT2D eigenvalue weighted by Gasteiger charge is -2.14. The number of hydrogen-bond donors (Lipinski definition) is 2. The Balaban J connectivity index is 1.61. The van der Waals surface area contributed by atoms with Crippen LogP contribution in [-0.2, 0) is 19.1 Å². The summed E-state index contributed by atoms with van der Waals surface area (Å²) < 4.78 is 17.7. The van der Waals surface area contributed by atoms with Gasteiger partial charge in [0, 0.05) is 5.69 Å². The minimum Gasteiger partial charge on any atom is -0.455 e. The van der Waals surface area contributed by atoms with Crippen LogP contribution in [0.4, 0.5) is 10.1 Å². The second-order valence-corrected chi connectivity index (χ2v) is 6.89. The fourth-order valence-corrected chi connectivity index (χ4v) is 2.86. The Morgan fingerprint density at radius 3 is 2.36 bits per heavy atom. The van der Waals surface area contributed by atoms with Crippen LogP contribution in [0.1, 0.15) is 18.5 Å². The van der Waals surface area contributed by atoms with Crippen LogP contribution in [0, 0.1) is 5.82 Å². The van der Waals surface area contributed by atoms with Gasteiger partial charge >= 0.3 is 5.97 Å². The van der Waals surface area contributed by atoms with E-state index >= 15 is 0 Å². The molecule has 0 aromatic heterocycles. The number of ether oxygens (including phenoxy) is 1. The molecule has 0 aliphatic heterocycles. The average Bonchev–Trinajstić information content (AvgIpc) is 2.69. The van der Waals surface area contributed by atoms with Gasteiger partial charge < -0.3 is 15.4 Å². The van der Waals surface area contributed by atoms with Gasteiger partial charge in [-0.1, -0.05) is 30.3 Å². The van der Waals surface area contributed by atoms with Crippen molar-refractivity contribution in [1.82, 2.24) is 5.32 Å².